The summed E-state index contributed by atoms with van der Waals surface area (Å²) in [7, 11) is 0. The maximum absolute atomic E-state index is 13.7. The third-order valence-corrected chi connectivity index (χ3v) is 2.89. The van der Waals surface area contributed by atoms with Crippen LogP contribution >= 0.6 is 11.6 Å². The maximum Gasteiger partial charge on any atom is 0.367 e. The molecule has 2 rings (SSSR count). The third kappa shape index (κ3) is 3.42. The minimum absolute atomic E-state index is 0.0222. The molecule has 1 aromatic heterocycles. The Bertz CT molecular complexity index is 743. The van der Waals surface area contributed by atoms with E-state index in [1.807, 2.05) is 0 Å². The van der Waals surface area contributed by atoms with Gasteiger partial charge >= 0.3 is 11.4 Å². The van der Waals surface area contributed by atoms with Gasteiger partial charge in [-0.25, -0.2) is 9.48 Å². The second-order valence-corrected chi connectivity index (χ2v) is 4.66. The largest absolute Gasteiger partial charge is 0.461 e. The molecule has 0 unspecified atom stereocenters. The number of ether oxygens (including phenoxy) is 1. The molecule has 8 nitrogen and oxygen atoms in total. The van der Waals surface area contributed by atoms with Gasteiger partial charge in [0.25, 0.3) is 5.69 Å². The Hall–Kier alpha value is -2.62. The number of aromatic nitrogens is 3. The molecule has 11 heteroatoms. The van der Waals surface area contributed by atoms with E-state index in [0.717, 1.165) is 12.1 Å². The Labute approximate surface area is 132 Å². The van der Waals surface area contributed by atoms with Crippen molar-refractivity contribution in [2.75, 3.05) is 6.61 Å². The first-order valence-corrected chi connectivity index (χ1v) is 6.58. The second kappa shape index (κ2) is 6.24. The van der Waals surface area contributed by atoms with Gasteiger partial charge in [-0.2, -0.15) is 8.78 Å². The molecule has 0 atom stereocenters. The van der Waals surface area contributed by atoms with Crippen molar-refractivity contribution in [1.82, 2.24) is 15.0 Å². The quantitative estimate of drug-likeness (QED) is 0.357. The van der Waals surface area contributed by atoms with E-state index in [1.54, 1.807) is 0 Å². The molecule has 0 aliphatic carbocycles. The summed E-state index contributed by atoms with van der Waals surface area (Å²) in [5, 5.41) is 13.5. The summed E-state index contributed by atoms with van der Waals surface area (Å²) in [5.74, 6) is -1.10. The highest BCUT2D eigenvalue weighted by Crippen LogP contribution is 2.35. The van der Waals surface area contributed by atoms with Crippen molar-refractivity contribution in [3.63, 3.8) is 0 Å². The highest BCUT2D eigenvalue weighted by molar-refractivity contribution is 6.22. The van der Waals surface area contributed by atoms with Crippen molar-refractivity contribution >= 4 is 23.3 Å². The van der Waals surface area contributed by atoms with Crippen molar-refractivity contribution in [1.29, 1.82) is 0 Å². The van der Waals surface area contributed by atoms with E-state index in [2.05, 4.69) is 15.0 Å². The number of nitrogens with zero attached hydrogens (tertiary/aromatic N) is 4. The van der Waals surface area contributed by atoms with Gasteiger partial charge in [0.15, 0.2) is 5.69 Å². The molecule has 1 heterocycles. The van der Waals surface area contributed by atoms with Crippen molar-refractivity contribution in [2.24, 2.45) is 0 Å². The molecule has 0 radical (unpaired) electrons. The lowest BCUT2D eigenvalue weighted by Crippen LogP contribution is -2.18. The number of hydrogen-bond donors (Lipinski definition) is 0. The number of hydrogen-bond acceptors (Lipinski definition) is 6. The van der Waals surface area contributed by atoms with Gasteiger partial charge in [-0.05, 0) is 30.7 Å². The van der Waals surface area contributed by atoms with Crippen LogP contribution in [0, 0.1) is 10.1 Å². The van der Waals surface area contributed by atoms with Crippen LogP contribution in [0.4, 0.5) is 14.5 Å². The van der Waals surface area contributed by atoms with Crippen LogP contribution in [0.1, 0.15) is 23.1 Å². The number of carbonyl (C=O) groups excluding carboxylic acids is 1. The van der Waals surface area contributed by atoms with Crippen molar-refractivity contribution in [3.05, 3.63) is 45.8 Å². The molecule has 0 amide bonds. The molecule has 2 aromatic rings. The molecule has 0 saturated carbocycles. The van der Waals surface area contributed by atoms with Gasteiger partial charge in [0.2, 0.25) is 5.69 Å². The smallest absolute Gasteiger partial charge is 0.367 e. The van der Waals surface area contributed by atoms with Crippen LogP contribution in [-0.2, 0) is 10.1 Å². The molecule has 122 valence electrons. The number of esters is 1. The number of nitro benzene ring substituents is 1. The maximum atomic E-state index is 13.7. The Morgan fingerprint density at radius 3 is 2.52 bits per heavy atom. The predicted octanol–water partition coefficient (Wildman–Crippen LogP) is 2.64. The Kier molecular flexibility index (Phi) is 4.55. The van der Waals surface area contributed by atoms with Gasteiger partial charge in [-0.3, -0.25) is 10.1 Å². The standard InChI is InChI=1S/C12H9ClF2N4O4/c1-2-23-11(20)9-10(12(13,14)15)18(17-16-9)7-3-5-8(6-4-7)19(21)22/h3-6H,2H2,1H3. The first kappa shape index (κ1) is 16.7. The van der Waals surface area contributed by atoms with Crippen LogP contribution < -0.4 is 0 Å². The zero-order valence-electron chi connectivity index (χ0n) is 11.6. The van der Waals surface area contributed by atoms with Gasteiger partial charge in [-0.1, -0.05) is 5.21 Å². The molecule has 0 fully saturated rings. The van der Waals surface area contributed by atoms with Crippen molar-refractivity contribution in [3.8, 4) is 5.69 Å². The van der Waals surface area contributed by atoms with E-state index >= 15 is 0 Å². The summed E-state index contributed by atoms with van der Waals surface area (Å²) in [4.78, 5) is 21.6. The first-order valence-electron chi connectivity index (χ1n) is 6.20. The Balaban J connectivity index is 2.54. The van der Waals surface area contributed by atoms with Gasteiger partial charge in [-0.15, -0.1) is 5.10 Å². The summed E-state index contributed by atoms with van der Waals surface area (Å²) >= 11 is 5.04. The number of benzene rings is 1. The van der Waals surface area contributed by atoms with E-state index in [-0.39, 0.29) is 18.0 Å². The fraction of sp³-hybridized carbons (Fsp3) is 0.250. The van der Waals surface area contributed by atoms with Gasteiger partial charge in [0, 0.05) is 12.1 Å². The van der Waals surface area contributed by atoms with E-state index in [4.69, 9.17) is 11.6 Å². The summed E-state index contributed by atoms with van der Waals surface area (Å²) in [6.07, 6.45) is 0. The van der Waals surface area contributed by atoms with Crippen molar-refractivity contribution < 1.29 is 23.2 Å². The highest BCUT2D eigenvalue weighted by Gasteiger charge is 2.40. The molecule has 0 aliphatic heterocycles. The van der Waals surface area contributed by atoms with Crippen LogP contribution in [0.25, 0.3) is 5.69 Å². The number of nitro groups is 1. The molecule has 23 heavy (non-hydrogen) atoms. The van der Waals surface area contributed by atoms with Crippen LogP contribution in [0.5, 0.6) is 0 Å². The van der Waals surface area contributed by atoms with Gasteiger partial charge in [0.05, 0.1) is 17.2 Å². The first-order chi connectivity index (χ1) is 10.8. The normalized spacial score (nSPS) is 11.3. The lowest BCUT2D eigenvalue weighted by molar-refractivity contribution is -0.384. The lowest BCUT2D eigenvalue weighted by atomic mass is 10.2. The summed E-state index contributed by atoms with van der Waals surface area (Å²) in [5.41, 5.74) is -1.93. The molecule has 0 saturated heterocycles. The minimum atomic E-state index is -3.95. The lowest BCUT2D eigenvalue weighted by Gasteiger charge is -2.11. The average molecular weight is 347 g/mol. The average Bonchev–Trinajstić information content (AvgIpc) is 2.92. The van der Waals surface area contributed by atoms with E-state index in [9.17, 15) is 23.7 Å². The number of alkyl halides is 3. The Morgan fingerprint density at radius 2 is 2.04 bits per heavy atom. The molecule has 0 N–H and O–H groups in total. The number of rotatable bonds is 5. The topological polar surface area (TPSA) is 100 Å². The molecule has 0 aliphatic rings. The third-order valence-electron chi connectivity index (χ3n) is 2.71. The summed E-state index contributed by atoms with van der Waals surface area (Å²) in [6, 6.07) is 4.54. The highest BCUT2D eigenvalue weighted by atomic mass is 35.5. The van der Waals surface area contributed by atoms with Crippen LogP contribution in [-0.4, -0.2) is 32.5 Å². The summed E-state index contributed by atoms with van der Waals surface area (Å²) in [6.45, 7) is 1.45. The number of non-ortho nitro benzene ring substituents is 1. The zero-order valence-corrected chi connectivity index (χ0v) is 12.3. The SMILES string of the molecule is CCOC(=O)c1nnn(-c2ccc([N+](=O)[O-])cc2)c1C(F)(F)Cl. The fourth-order valence-corrected chi connectivity index (χ4v) is 1.94. The van der Waals surface area contributed by atoms with Crippen LogP contribution in [0.3, 0.4) is 0 Å². The second-order valence-electron chi connectivity index (χ2n) is 4.19. The number of carbonyl (C=O) groups is 1. The molecule has 0 spiro atoms. The minimum Gasteiger partial charge on any atom is -0.461 e. The van der Waals surface area contributed by atoms with Gasteiger partial charge < -0.3 is 4.74 Å². The monoisotopic (exact) mass is 346 g/mol. The van der Waals surface area contributed by atoms with Crippen LogP contribution in [0.2, 0.25) is 0 Å². The molecular formula is C12H9ClF2N4O4. The molecular weight excluding hydrogens is 338 g/mol. The summed E-state index contributed by atoms with van der Waals surface area (Å²) < 4.78 is 32.6. The molecule has 0 bridgehead atoms. The zero-order chi connectivity index (χ0) is 17.2. The number of halogens is 3. The van der Waals surface area contributed by atoms with Gasteiger partial charge in [0.1, 0.15) is 0 Å². The van der Waals surface area contributed by atoms with E-state index in [0.29, 0.717) is 4.68 Å². The van der Waals surface area contributed by atoms with E-state index in [1.165, 1.54) is 19.1 Å². The fourth-order valence-electron chi connectivity index (χ4n) is 1.77. The Morgan fingerprint density at radius 1 is 1.43 bits per heavy atom. The molecule has 1 aromatic carbocycles. The van der Waals surface area contributed by atoms with Crippen molar-refractivity contribution in [2.45, 2.75) is 12.3 Å². The van der Waals surface area contributed by atoms with Crippen LogP contribution in [0.15, 0.2) is 24.3 Å². The predicted molar refractivity (Wildman–Crippen MR) is 73.7 cm³/mol. The van der Waals surface area contributed by atoms with E-state index < -0.39 is 27.7 Å².